The van der Waals surface area contributed by atoms with Gasteiger partial charge in [0, 0.05) is 36.3 Å². The molecular formula is C24H23N3O4. The number of benzene rings is 1. The minimum atomic E-state index is -0.449. The molecule has 1 fully saturated rings. The van der Waals surface area contributed by atoms with Crippen molar-refractivity contribution in [3.05, 3.63) is 69.7 Å². The third kappa shape index (κ3) is 4.58. The Kier molecular flexibility index (Phi) is 5.99. The summed E-state index contributed by atoms with van der Waals surface area (Å²) in [7, 11) is 0. The van der Waals surface area contributed by atoms with Crippen molar-refractivity contribution >= 4 is 22.8 Å². The second-order valence-electron chi connectivity index (χ2n) is 7.66. The molecule has 158 valence electrons. The Labute approximate surface area is 179 Å². The number of ether oxygens (including phenoxy) is 1. The van der Waals surface area contributed by atoms with Gasteiger partial charge in [0.2, 0.25) is 0 Å². The Morgan fingerprint density at radius 3 is 2.74 bits per heavy atom. The van der Waals surface area contributed by atoms with E-state index in [0.717, 1.165) is 23.2 Å². The molecule has 1 saturated heterocycles. The number of hydrogen-bond acceptors (Lipinski definition) is 7. The number of anilines is 1. The first-order valence-electron chi connectivity index (χ1n) is 10.4. The van der Waals surface area contributed by atoms with Crippen LogP contribution in [-0.2, 0) is 22.6 Å². The highest BCUT2D eigenvalue weighted by Gasteiger charge is 2.27. The van der Waals surface area contributed by atoms with Crippen LogP contribution in [0.25, 0.3) is 11.0 Å². The highest BCUT2D eigenvalue weighted by atomic mass is 16.5. The average Bonchev–Trinajstić information content (AvgIpc) is 2.82. The number of carbonyl (C=O) groups excluding carboxylic acids is 1. The van der Waals surface area contributed by atoms with E-state index in [1.54, 1.807) is 12.3 Å². The number of pyridine rings is 1. The van der Waals surface area contributed by atoms with Crippen LogP contribution in [0.2, 0.25) is 0 Å². The van der Waals surface area contributed by atoms with Gasteiger partial charge in [0.05, 0.1) is 11.5 Å². The summed E-state index contributed by atoms with van der Waals surface area (Å²) in [6.45, 7) is 3.46. The molecule has 3 heterocycles. The highest BCUT2D eigenvalue weighted by molar-refractivity contribution is 5.81. The smallest absolute Gasteiger partial charge is 0.336 e. The van der Waals surface area contributed by atoms with Crippen LogP contribution in [0.15, 0.2) is 51.8 Å². The zero-order valence-electron chi connectivity index (χ0n) is 17.3. The second kappa shape index (κ2) is 9.00. The zero-order valence-corrected chi connectivity index (χ0v) is 17.3. The number of aryl methyl sites for hydroxylation is 1. The summed E-state index contributed by atoms with van der Waals surface area (Å²) in [6.07, 6.45) is 3.73. The number of nitrogens with zero attached hydrogens (tertiary/aromatic N) is 3. The van der Waals surface area contributed by atoms with Crippen LogP contribution < -0.4 is 10.5 Å². The van der Waals surface area contributed by atoms with E-state index >= 15 is 0 Å². The third-order valence-corrected chi connectivity index (χ3v) is 5.70. The number of piperidine rings is 1. The summed E-state index contributed by atoms with van der Waals surface area (Å²) in [5.41, 5.74) is 2.32. The van der Waals surface area contributed by atoms with Gasteiger partial charge in [0.15, 0.2) is 0 Å². The van der Waals surface area contributed by atoms with Gasteiger partial charge in [-0.2, -0.15) is 5.26 Å². The first-order valence-corrected chi connectivity index (χ1v) is 10.4. The molecule has 0 radical (unpaired) electrons. The topological polar surface area (TPSA) is 96.4 Å². The lowest BCUT2D eigenvalue weighted by molar-refractivity contribution is -0.150. The molecule has 0 bridgehead atoms. The van der Waals surface area contributed by atoms with Crippen LogP contribution in [0.3, 0.4) is 0 Å². The van der Waals surface area contributed by atoms with Crippen molar-refractivity contribution in [1.82, 2.24) is 4.98 Å². The molecule has 7 nitrogen and oxygen atoms in total. The van der Waals surface area contributed by atoms with E-state index in [4.69, 9.17) is 14.4 Å². The maximum absolute atomic E-state index is 12.6. The van der Waals surface area contributed by atoms with Gasteiger partial charge in [-0.25, -0.2) is 9.78 Å². The molecule has 1 aliphatic rings. The largest absolute Gasteiger partial charge is 0.461 e. The van der Waals surface area contributed by atoms with Gasteiger partial charge in [0.25, 0.3) is 0 Å². The Morgan fingerprint density at radius 2 is 2.06 bits per heavy atom. The average molecular weight is 417 g/mol. The molecule has 0 N–H and O–H groups in total. The van der Waals surface area contributed by atoms with Gasteiger partial charge < -0.3 is 14.1 Å². The first kappa shape index (κ1) is 20.6. The van der Waals surface area contributed by atoms with Crippen LogP contribution >= 0.6 is 0 Å². The summed E-state index contributed by atoms with van der Waals surface area (Å²) >= 11 is 0. The van der Waals surface area contributed by atoms with E-state index in [1.165, 1.54) is 6.07 Å². The molecule has 0 spiro atoms. The van der Waals surface area contributed by atoms with Crippen molar-refractivity contribution in [3.63, 3.8) is 0 Å². The summed E-state index contributed by atoms with van der Waals surface area (Å²) in [4.78, 5) is 31.0. The molecule has 1 aliphatic heterocycles. The fourth-order valence-electron chi connectivity index (χ4n) is 3.86. The van der Waals surface area contributed by atoms with Crippen molar-refractivity contribution < 1.29 is 13.9 Å². The molecule has 0 amide bonds. The van der Waals surface area contributed by atoms with Crippen molar-refractivity contribution in [2.45, 2.75) is 32.8 Å². The monoisotopic (exact) mass is 417 g/mol. The number of carbonyl (C=O) groups is 1. The zero-order chi connectivity index (χ0) is 21.8. The fraction of sp³-hybridized carbons (Fsp3) is 0.333. The molecule has 2 aromatic heterocycles. The lowest BCUT2D eigenvalue weighted by Gasteiger charge is -2.31. The molecule has 0 atom stereocenters. The van der Waals surface area contributed by atoms with Gasteiger partial charge in [-0.3, -0.25) is 4.79 Å². The molecule has 31 heavy (non-hydrogen) atoms. The molecule has 3 aromatic rings. The van der Waals surface area contributed by atoms with E-state index in [2.05, 4.69) is 16.0 Å². The lowest BCUT2D eigenvalue weighted by atomic mass is 9.97. The summed E-state index contributed by atoms with van der Waals surface area (Å²) in [5, 5.41) is 9.67. The number of fused-ring (bicyclic) bond motifs is 1. The molecule has 0 saturated carbocycles. The molecular weight excluding hydrogens is 394 g/mol. The van der Waals surface area contributed by atoms with E-state index in [0.29, 0.717) is 42.6 Å². The summed E-state index contributed by atoms with van der Waals surface area (Å²) in [6, 6.07) is 12.8. The number of aromatic nitrogens is 1. The molecule has 4 rings (SSSR count). The van der Waals surface area contributed by atoms with E-state index in [-0.39, 0.29) is 18.5 Å². The minimum Gasteiger partial charge on any atom is -0.461 e. The Balaban J connectivity index is 1.37. The standard InChI is InChI=1S/C24H23N3O4/c1-2-16-3-5-20-19(12-23(28)31-21(20)11-16)15-30-24(29)18-7-9-27(10-8-18)22-6-4-17(13-25)14-26-22/h3-6,11-12,14,18H,2,7-10,15H2,1H3. The Hall–Kier alpha value is -3.66. The van der Waals surface area contributed by atoms with Crippen LogP contribution in [0.1, 0.15) is 36.5 Å². The number of rotatable bonds is 5. The number of nitriles is 1. The van der Waals surface area contributed by atoms with Crippen molar-refractivity contribution in [2.24, 2.45) is 5.92 Å². The Bertz CT molecular complexity index is 1190. The summed E-state index contributed by atoms with van der Waals surface area (Å²) in [5.74, 6) is 0.367. The molecule has 1 aromatic carbocycles. The quantitative estimate of drug-likeness (QED) is 0.462. The predicted molar refractivity (Wildman–Crippen MR) is 116 cm³/mol. The summed E-state index contributed by atoms with van der Waals surface area (Å²) < 4.78 is 10.9. The van der Waals surface area contributed by atoms with Gasteiger partial charge in [-0.15, -0.1) is 0 Å². The number of hydrogen-bond donors (Lipinski definition) is 0. The highest BCUT2D eigenvalue weighted by Crippen LogP contribution is 2.24. The van der Waals surface area contributed by atoms with Gasteiger partial charge >= 0.3 is 11.6 Å². The minimum absolute atomic E-state index is 0.0454. The van der Waals surface area contributed by atoms with Gasteiger partial charge in [-0.05, 0) is 43.0 Å². The lowest BCUT2D eigenvalue weighted by Crippen LogP contribution is -2.37. The third-order valence-electron chi connectivity index (χ3n) is 5.70. The van der Waals surface area contributed by atoms with Crippen molar-refractivity contribution in [2.75, 3.05) is 18.0 Å². The predicted octanol–water partition coefficient (Wildman–Crippen LogP) is 3.58. The fourth-order valence-corrected chi connectivity index (χ4v) is 3.86. The normalized spacial score (nSPS) is 14.4. The van der Waals surface area contributed by atoms with Crippen LogP contribution in [0, 0.1) is 17.2 Å². The van der Waals surface area contributed by atoms with E-state index in [9.17, 15) is 9.59 Å². The SMILES string of the molecule is CCc1ccc2c(COC(=O)C3CCN(c4ccc(C#N)cn4)CC3)cc(=O)oc2c1. The van der Waals surface area contributed by atoms with Crippen molar-refractivity contribution in [1.29, 1.82) is 5.26 Å². The number of esters is 1. The maximum atomic E-state index is 12.6. The second-order valence-corrected chi connectivity index (χ2v) is 7.66. The Morgan fingerprint density at radius 1 is 1.26 bits per heavy atom. The van der Waals surface area contributed by atoms with Crippen molar-refractivity contribution in [3.8, 4) is 6.07 Å². The van der Waals surface area contributed by atoms with Gasteiger partial charge in [-0.1, -0.05) is 19.1 Å². The van der Waals surface area contributed by atoms with Crippen LogP contribution in [0.5, 0.6) is 0 Å². The van der Waals surface area contributed by atoms with Crippen LogP contribution in [0.4, 0.5) is 5.82 Å². The van der Waals surface area contributed by atoms with Gasteiger partial charge in [0.1, 0.15) is 24.1 Å². The van der Waals surface area contributed by atoms with E-state index in [1.807, 2.05) is 31.2 Å². The van der Waals surface area contributed by atoms with Crippen LogP contribution in [-0.4, -0.2) is 24.0 Å². The molecule has 0 unspecified atom stereocenters. The maximum Gasteiger partial charge on any atom is 0.336 e. The molecule has 0 aliphatic carbocycles. The first-order chi connectivity index (χ1) is 15.1. The van der Waals surface area contributed by atoms with E-state index < -0.39 is 5.63 Å². The molecule has 7 heteroatoms.